The van der Waals surface area contributed by atoms with Gasteiger partial charge in [-0.2, -0.15) is 0 Å². The molecule has 1 N–H and O–H groups in total. The van der Waals surface area contributed by atoms with Crippen molar-refractivity contribution >= 4 is 5.91 Å². The van der Waals surface area contributed by atoms with Gasteiger partial charge in [0, 0.05) is 0 Å². The average Bonchev–Trinajstić information content (AvgIpc) is 2.16. The third kappa shape index (κ3) is 1.76. The van der Waals surface area contributed by atoms with Gasteiger partial charge in [0.05, 0.1) is 12.0 Å². The van der Waals surface area contributed by atoms with E-state index in [1.165, 1.54) is 11.1 Å². The quantitative estimate of drug-likeness (QED) is 0.735. The van der Waals surface area contributed by atoms with Crippen LogP contribution in [-0.4, -0.2) is 5.91 Å². The number of amides is 1. The molecular formula is C13H17NO. The first-order chi connectivity index (χ1) is 7.01. The van der Waals surface area contributed by atoms with Crippen molar-refractivity contribution in [2.45, 2.75) is 38.6 Å². The lowest BCUT2D eigenvalue weighted by Crippen LogP contribution is -2.56. The molecule has 0 saturated carbocycles. The van der Waals surface area contributed by atoms with Crippen molar-refractivity contribution in [3.63, 3.8) is 0 Å². The molecule has 1 aromatic rings. The van der Waals surface area contributed by atoms with Gasteiger partial charge in [0.1, 0.15) is 0 Å². The summed E-state index contributed by atoms with van der Waals surface area (Å²) >= 11 is 0. The van der Waals surface area contributed by atoms with Crippen LogP contribution in [0.3, 0.4) is 0 Å². The van der Waals surface area contributed by atoms with E-state index >= 15 is 0 Å². The third-order valence-electron chi connectivity index (χ3n) is 3.14. The molecule has 1 aliphatic rings. The molecule has 0 aromatic heterocycles. The maximum atomic E-state index is 11.0. The van der Waals surface area contributed by atoms with Gasteiger partial charge in [-0.1, -0.05) is 38.1 Å². The van der Waals surface area contributed by atoms with E-state index in [4.69, 9.17) is 0 Å². The molecule has 1 amide bonds. The molecule has 0 bridgehead atoms. The SMILES string of the molecule is CC(C)c1ccc(C2(C)CC(=O)N2)cc1. The highest BCUT2D eigenvalue weighted by Gasteiger charge is 2.39. The molecule has 1 atom stereocenters. The van der Waals surface area contributed by atoms with Gasteiger partial charge in [-0.05, 0) is 24.0 Å². The van der Waals surface area contributed by atoms with E-state index in [2.05, 4.69) is 50.4 Å². The molecule has 1 unspecified atom stereocenters. The lowest BCUT2D eigenvalue weighted by molar-refractivity contribution is -0.132. The van der Waals surface area contributed by atoms with Crippen LogP contribution in [0.25, 0.3) is 0 Å². The zero-order valence-corrected chi connectivity index (χ0v) is 9.50. The van der Waals surface area contributed by atoms with Crippen LogP contribution in [0.15, 0.2) is 24.3 Å². The Morgan fingerprint density at radius 2 is 1.80 bits per heavy atom. The normalized spacial score (nSPS) is 24.9. The van der Waals surface area contributed by atoms with Gasteiger partial charge in [-0.15, -0.1) is 0 Å². The Labute approximate surface area is 90.7 Å². The lowest BCUT2D eigenvalue weighted by atomic mass is 9.81. The van der Waals surface area contributed by atoms with Crippen LogP contribution in [0.4, 0.5) is 0 Å². The zero-order valence-electron chi connectivity index (χ0n) is 9.50. The molecule has 0 aliphatic carbocycles. The van der Waals surface area contributed by atoms with Crippen LogP contribution < -0.4 is 5.32 Å². The molecule has 0 spiro atoms. The highest BCUT2D eigenvalue weighted by molar-refractivity contribution is 5.85. The minimum atomic E-state index is -0.132. The number of hydrogen-bond donors (Lipinski definition) is 1. The zero-order chi connectivity index (χ0) is 11.1. The molecule has 0 radical (unpaired) electrons. The van der Waals surface area contributed by atoms with E-state index in [9.17, 15) is 4.79 Å². The topological polar surface area (TPSA) is 29.1 Å². The Balaban J connectivity index is 2.21. The second-order valence-electron chi connectivity index (χ2n) is 4.83. The Bertz CT molecular complexity index is 370. The molecule has 15 heavy (non-hydrogen) atoms. The standard InChI is InChI=1S/C13H17NO/c1-9(2)10-4-6-11(7-5-10)13(3)8-12(15)14-13/h4-7,9H,8H2,1-3H3,(H,14,15). The summed E-state index contributed by atoms with van der Waals surface area (Å²) in [6.45, 7) is 6.43. The number of benzene rings is 1. The predicted molar refractivity (Wildman–Crippen MR) is 60.6 cm³/mol. The molecule has 2 rings (SSSR count). The van der Waals surface area contributed by atoms with Crippen LogP contribution in [0.1, 0.15) is 44.2 Å². The molecule has 1 aromatic carbocycles. The number of carbonyl (C=O) groups excluding carboxylic acids is 1. The molecule has 1 saturated heterocycles. The number of nitrogens with one attached hydrogen (secondary N) is 1. The van der Waals surface area contributed by atoms with Gasteiger partial charge in [-0.25, -0.2) is 0 Å². The summed E-state index contributed by atoms with van der Waals surface area (Å²) in [6.07, 6.45) is 0.605. The van der Waals surface area contributed by atoms with E-state index in [1.54, 1.807) is 0 Å². The van der Waals surface area contributed by atoms with Gasteiger partial charge in [-0.3, -0.25) is 4.79 Å². The molecule has 80 valence electrons. The average molecular weight is 203 g/mol. The predicted octanol–water partition coefficient (Wildman–Crippen LogP) is 2.55. The molecule has 2 nitrogen and oxygen atoms in total. The fourth-order valence-electron chi connectivity index (χ4n) is 2.02. The fraction of sp³-hybridized carbons (Fsp3) is 0.462. The summed E-state index contributed by atoms with van der Waals surface area (Å²) in [6, 6.07) is 8.54. The third-order valence-corrected chi connectivity index (χ3v) is 3.14. The number of carbonyl (C=O) groups is 1. The Kier molecular flexibility index (Phi) is 2.29. The van der Waals surface area contributed by atoms with E-state index < -0.39 is 0 Å². The minimum Gasteiger partial charge on any atom is -0.346 e. The van der Waals surface area contributed by atoms with Crippen LogP contribution >= 0.6 is 0 Å². The Morgan fingerprint density at radius 1 is 1.27 bits per heavy atom. The van der Waals surface area contributed by atoms with Crippen molar-refractivity contribution in [1.29, 1.82) is 0 Å². The van der Waals surface area contributed by atoms with Crippen LogP contribution in [0, 0.1) is 0 Å². The van der Waals surface area contributed by atoms with Crippen LogP contribution in [0.2, 0.25) is 0 Å². The molecule has 1 fully saturated rings. The summed E-state index contributed by atoms with van der Waals surface area (Å²) in [7, 11) is 0. The molecule has 2 heteroatoms. The van der Waals surface area contributed by atoms with Gasteiger partial charge in [0.15, 0.2) is 0 Å². The number of hydrogen-bond acceptors (Lipinski definition) is 1. The highest BCUT2D eigenvalue weighted by atomic mass is 16.2. The van der Waals surface area contributed by atoms with Crippen molar-refractivity contribution in [3.8, 4) is 0 Å². The van der Waals surface area contributed by atoms with E-state index in [0.717, 1.165) is 0 Å². The van der Waals surface area contributed by atoms with Crippen molar-refractivity contribution < 1.29 is 4.79 Å². The smallest absolute Gasteiger partial charge is 0.223 e. The minimum absolute atomic E-state index is 0.132. The molecule has 1 aliphatic heterocycles. The van der Waals surface area contributed by atoms with E-state index in [1.807, 2.05) is 0 Å². The van der Waals surface area contributed by atoms with Gasteiger partial charge in [0.25, 0.3) is 0 Å². The number of rotatable bonds is 2. The summed E-state index contributed by atoms with van der Waals surface area (Å²) in [5, 5.41) is 2.95. The summed E-state index contributed by atoms with van der Waals surface area (Å²) in [5.41, 5.74) is 2.41. The summed E-state index contributed by atoms with van der Waals surface area (Å²) < 4.78 is 0. The van der Waals surface area contributed by atoms with Gasteiger partial charge >= 0.3 is 0 Å². The lowest BCUT2D eigenvalue weighted by Gasteiger charge is -2.39. The summed E-state index contributed by atoms with van der Waals surface area (Å²) in [4.78, 5) is 11.0. The maximum absolute atomic E-state index is 11.0. The van der Waals surface area contributed by atoms with Crippen molar-refractivity contribution in [2.24, 2.45) is 0 Å². The number of β-lactam (4-membered cyclic amide) rings is 1. The largest absolute Gasteiger partial charge is 0.346 e. The first-order valence-electron chi connectivity index (χ1n) is 5.43. The van der Waals surface area contributed by atoms with Crippen molar-refractivity contribution in [1.82, 2.24) is 5.32 Å². The van der Waals surface area contributed by atoms with Crippen molar-refractivity contribution in [2.75, 3.05) is 0 Å². The second-order valence-corrected chi connectivity index (χ2v) is 4.83. The highest BCUT2D eigenvalue weighted by Crippen LogP contribution is 2.32. The molecular weight excluding hydrogens is 186 g/mol. The Morgan fingerprint density at radius 3 is 2.20 bits per heavy atom. The maximum Gasteiger partial charge on any atom is 0.223 e. The summed E-state index contributed by atoms with van der Waals surface area (Å²) in [5.74, 6) is 0.702. The van der Waals surface area contributed by atoms with E-state index in [-0.39, 0.29) is 11.4 Å². The van der Waals surface area contributed by atoms with Crippen LogP contribution in [0.5, 0.6) is 0 Å². The Hall–Kier alpha value is -1.31. The second kappa shape index (κ2) is 3.37. The fourth-order valence-corrected chi connectivity index (χ4v) is 2.02. The van der Waals surface area contributed by atoms with E-state index in [0.29, 0.717) is 12.3 Å². The molecule has 1 heterocycles. The van der Waals surface area contributed by atoms with Crippen LogP contribution in [-0.2, 0) is 10.3 Å². The van der Waals surface area contributed by atoms with Crippen molar-refractivity contribution in [3.05, 3.63) is 35.4 Å². The first kappa shape index (κ1) is 10.2. The first-order valence-corrected chi connectivity index (χ1v) is 5.43. The van der Waals surface area contributed by atoms with Gasteiger partial charge < -0.3 is 5.32 Å². The monoisotopic (exact) mass is 203 g/mol. The van der Waals surface area contributed by atoms with Gasteiger partial charge in [0.2, 0.25) is 5.91 Å².